The maximum atomic E-state index is 8.70. The van der Waals surface area contributed by atoms with Crippen LogP contribution in [0.1, 0.15) is 45.4 Å². The molecule has 0 heterocycles. The lowest BCUT2D eigenvalue weighted by Crippen LogP contribution is -2.32. The van der Waals surface area contributed by atoms with Crippen LogP contribution in [0.4, 0.5) is 0 Å². The van der Waals surface area contributed by atoms with E-state index in [1.165, 1.54) is 32.1 Å². The van der Waals surface area contributed by atoms with Gasteiger partial charge in [0.1, 0.15) is 0 Å². The summed E-state index contributed by atoms with van der Waals surface area (Å²) in [5.41, 5.74) is 0.376. The van der Waals surface area contributed by atoms with Gasteiger partial charge in [-0.3, -0.25) is 0 Å². The first-order valence-electron chi connectivity index (χ1n) is 5.84. The molecule has 1 N–H and O–H groups in total. The van der Waals surface area contributed by atoms with Gasteiger partial charge < -0.3 is 5.32 Å². The van der Waals surface area contributed by atoms with Crippen molar-refractivity contribution in [2.24, 2.45) is 11.3 Å². The van der Waals surface area contributed by atoms with Gasteiger partial charge in [-0.1, -0.05) is 6.92 Å². The molecule has 78 valence electrons. The summed E-state index contributed by atoms with van der Waals surface area (Å²) in [6, 6.07) is 3.05. The average Bonchev–Trinajstić information content (AvgIpc) is 2.80. The van der Waals surface area contributed by atoms with Gasteiger partial charge in [-0.05, 0) is 43.4 Å². The molecule has 2 aliphatic rings. The topological polar surface area (TPSA) is 35.8 Å². The molecule has 0 aromatic carbocycles. The molecule has 2 heteroatoms. The molecule has 0 amide bonds. The number of rotatable bonds is 4. The molecule has 2 unspecified atom stereocenters. The Morgan fingerprint density at radius 2 is 2.21 bits per heavy atom. The Hall–Kier alpha value is -0.550. The van der Waals surface area contributed by atoms with Crippen molar-refractivity contribution in [1.29, 1.82) is 5.26 Å². The van der Waals surface area contributed by atoms with Crippen molar-refractivity contribution in [2.75, 3.05) is 6.54 Å². The lowest BCUT2D eigenvalue weighted by molar-refractivity contribution is 0.411. The van der Waals surface area contributed by atoms with Crippen molar-refractivity contribution in [2.45, 2.75) is 51.5 Å². The van der Waals surface area contributed by atoms with E-state index < -0.39 is 0 Å². The fraction of sp³-hybridized carbons (Fsp3) is 0.917. The molecule has 0 saturated heterocycles. The maximum Gasteiger partial charge on any atom is 0.0628 e. The van der Waals surface area contributed by atoms with E-state index in [-0.39, 0.29) is 0 Å². The molecule has 2 fully saturated rings. The third kappa shape index (κ3) is 2.27. The van der Waals surface area contributed by atoms with Crippen molar-refractivity contribution < 1.29 is 0 Å². The van der Waals surface area contributed by atoms with E-state index in [0.29, 0.717) is 5.41 Å². The molecule has 2 atom stereocenters. The average molecular weight is 192 g/mol. The zero-order valence-corrected chi connectivity index (χ0v) is 9.05. The van der Waals surface area contributed by atoms with Crippen LogP contribution in [0.25, 0.3) is 0 Å². The van der Waals surface area contributed by atoms with Gasteiger partial charge in [-0.25, -0.2) is 0 Å². The Labute approximate surface area is 86.7 Å². The van der Waals surface area contributed by atoms with Crippen LogP contribution >= 0.6 is 0 Å². The first kappa shape index (κ1) is 9.98. The summed E-state index contributed by atoms with van der Waals surface area (Å²) in [7, 11) is 0. The molecule has 0 spiro atoms. The van der Waals surface area contributed by atoms with Gasteiger partial charge in [-0.2, -0.15) is 5.26 Å². The molecule has 0 aliphatic heterocycles. The smallest absolute Gasteiger partial charge is 0.0628 e. The Balaban J connectivity index is 1.70. The molecule has 0 aromatic rings. The highest BCUT2D eigenvalue weighted by atomic mass is 14.9. The summed E-state index contributed by atoms with van der Waals surface area (Å²) in [5, 5.41) is 12.3. The van der Waals surface area contributed by atoms with Crippen molar-refractivity contribution in [3.63, 3.8) is 0 Å². The highest BCUT2D eigenvalue weighted by molar-refractivity contribution is 5.01. The lowest BCUT2D eigenvalue weighted by atomic mass is 10.0. The summed E-state index contributed by atoms with van der Waals surface area (Å²) in [4.78, 5) is 0. The van der Waals surface area contributed by atoms with Crippen molar-refractivity contribution in [1.82, 2.24) is 5.32 Å². The predicted octanol–water partition coefficient (Wildman–Crippen LogP) is 2.46. The quantitative estimate of drug-likeness (QED) is 0.742. The largest absolute Gasteiger partial charge is 0.313 e. The van der Waals surface area contributed by atoms with E-state index >= 15 is 0 Å². The van der Waals surface area contributed by atoms with Crippen LogP contribution in [0, 0.1) is 22.7 Å². The Morgan fingerprint density at radius 1 is 1.43 bits per heavy atom. The zero-order valence-electron chi connectivity index (χ0n) is 9.05. The van der Waals surface area contributed by atoms with Crippen LogP contribution in [0.2, 0.25) is 0 Å². The molecule has 2 saturated carbocycles. The van der Waals surface area contributed by atoms with E-state index in [1.54, 1.807) is 0 Å². The standard InChI is InChI=1S/C12H20N2/c1-10-2-3-11(8-10)14-9-12(4-5-12)6-7-13/h10-11,14H,2-6,8-9H2,1H3. The zero-order chi connectivity index (χ0) is 10.0. The number of hydrogen-bond acceptors (Lipinski definition) is 2. The van der Waals surface area contributed by atoms with E-state index in [9.17, 15) is 0 Å². The van der Waals surface area contributed by atoms with Crippen molar-refractivity contribution in [3.8, 4) is 6.07 Å². The second-order valence-electron chi connectivity index (χ2n) is 5.33. The number of nitrogens with one attached hydrogen (secondary N) is 1. The second kappa shape index (κ2) is 3.90. The number of nitrogens with zero attached hydrogens (tertiary/aromatic N) is 1. The molecule has 14 heavy (non-hydrogen) atoms. The van der Waals surface area contributed by atoms with Crippen LogP contribution in [-0.2, 0) is 0 Å². The van der Waals surface area contributed by atoms with Crippen molar-refractivity contribution >= 4 is 0 Å². The predicted molar refractivity (Wildman–Crippen MR) is 56.7 cm³/mol. The van der Waals surface area contributed by atoms with Crippen LogP contribution in [0.3, 0.4) is 0 Å². The first-order chi connectivity index (χ1) is 6.74. The van der Waals surface area contributed by atoms with Gasteiger partial charge in [0, 0.05) is 19.0 Å². The highest BCUT2D eigenvalue weighted by Crippen LogP contribution is 2.48. The van der Waals surface area contributed by atoms with E-state index in [2.05, 4.69) is 18.3 Å². The third-order valence-electron chi connectivity index (χ3n) is 3.87. The minimum absolute atomic E-state index is 0.376. The van der Waals surface area contributed by atoms with Gasteiger partial charge in [0.2, 0.25) is 0 Å². The Kier molecular flexibility index (Phi) is 2.78. The monoisotopic (exact) mass is 192 g/mol. The normalized spacial score (nSPS) is 34.0. The van der Waals surface area contributed by atoms with Crippen LogP contribution in [0.5, 0.6) is 0 Å². The molecule has 2 rings (SSSR count). The van der Waals surface area contributed by atoms with Crippen molar-refractivity contribution in [3.05, 3.63) is 0 Å². The van der Waals surface area contributed by atoms with Gasteiger partial charge in [0.05, 0.1) is 6.07 Å². The van der Waals surface area contributed by atoms with Gasteiger partial charge in [-0.15, -0.1) is 0 Å². The third-order valence-corrected chi connectivity index (χ3v) is 3.87. The highest BCUT2D eigenvalue weighted by Gasteiger charge is 2.42. The summed E-state index contributed by atoms with van der Waals surface area (Å²) in [6.45, 7) is 3.42. The Morgan fingerprint density at radius 3 is 2.71 bits per heavy atom. The molecule has 0 bridgehead atoms. The van der Waals surface area contributed by atoms with Crippen LogP contribution in [-0.4, -0.2) is 12.6 Å². The Bertz CT molecular complexity index is 237. The first-order valence-corrected chi connectivity index (χ1v) is 5.84. The summed E-state index contributed by atoms with van der Waals surface area (Å²) in [5.74, 6) is 0.901. The van der Waals surface area contributed by atoms with E-state index in [0.717, 1.165) is 24.9 Å². The van der Waals surface area contributed by atoms with Gasteiger partial charge in [0.15, 0.2) is 0 Å². The number of nitriles is 1. The molecule has 0 radical (unpaired) electrons. The lowest BCUT2D eigenvalue weighted by Gasteiger charge is -2.17. The summed E-state index contributed by atoms with van der Waals surface area (Å²) >= 11 is 0. The van der Waals surface area contributed by atoms with E-state index in [1.807, 2.05) is 0 Å². The van der Waals surface area contributed by atoms with Crippen LogP contribution < -0.4 is 5.32 Å². The molecule has 2 aliphatic carbocycles. The molecular formula is C12H20N2. The van der Waals surface area contributed by atoms with Crippen LogP contribution in [0.15, 0.2) is 0 Å². The molecule has 0 aromatic heterocycles. The van der Waals surface area contributed by atoms with Gasteiger partial charge >= 0.3 is 0 Å². The minimum atomic E-state index is 0.376. The summed E-state index contributed by atoms with van der Waals surface area (Å²) in [6.07, 6.45) is 7.32. The fourth-order valence-electron chi connectivity index (χ4n) is 2.51. The van der Waals surface area contributed by atoms with E-state index in [4.69, 9.17) is 5.26 Å². The fourth-order valence-corrected chi connectivity index (χ4v) is 2.51. The maximum absolute atomic E-state index is 8.70. The second-order valence-corrected chi connectivity index (χ2v) is 5.33. The minimum Gasteiger partial charge on any atom is -0.313 e. The SMILES string of the molecule is CC1CCC(NCC2(CC#N)CC2)C1. The molecular weight excluding hydrogens is 172 g/mol. The van der Waals surface area contributed by atoms with Gasteiger partial charge in [0.25, 0.3) is 0 Å². The number of hydrogen-bond donors (Lipinski definition) is 1. The summed E-state index contributed by atoms with van der Waals surface area (Å²) < 4.78 is 0. The molecule has 2 nitrogen and oxygen atoms in total.